The zero-order valence-corrected chi connectivity index (χ0v) is 39.4. The number of hydrogen-bond acceptors (Lipinski definition) is 9. The second kappa shape index (κ2) is 22.6. The Labute approximate surface area is 402 Å². The van der Waals surface area contributed by atoms with Gasteiger partial charge in [-0.25, -0.2) is 31.3 Å². The van der Waals surface area contributed by atoms with Gasteiger partial charge in [0.2, 0.25) is 20.0 Å². The molecule has 0 heterocycles. The first-order valence-electron chi connectivity index (χ1n) is 22.1. The third-order valence-corrected chi connectivity index (χ3v) is 14.4. The van der Waals surface area contributed by atoms with E-state index >= 15 is 0 Å². The van der Waals surface area contributed by atoms with E-state index in [1.165, 1.54) is 0 Å². The van der Waals surface area contributed by atoms with Crippen molar-refractivity contribution in [1.29, 1.82) is 0 Å². The van der Waals surface area contributed by atoms with Gasteiger partial charge in [-0.05, 0) is 112 Å². The van der Waals surface area contributed by atoms with E-state index in [2.05, 4.69) is 45.5 Å². The normalized spacial score (nSPS) is 17.5. The SMILES string of the molecule is [C-]#[N+]/N=C(/Nc1ccc2c(c1)[C@@H](NS(=O)(=O)c1ccc(CC)cc1)[C@@H](O)C2)Oc1ccccc1.[C-]#[N+]NC(=NCc1ccccc1)Nc1ccc2c(c1)[C@@H](NS(=O)(=O)c1ccc(CC)cc1)[C@@H](O)C2. The van der Waals surface area contributed by atoms with Crippen LogP contribution >= 0.6 is 0 Å². The number of fused-ring (bicyclic) bond motifs is 2. The first-order valence-corrected chi connectivity index (χ1v) is 25.0. The Morgan fingerprint density at radius 3 is 1.58 bits per heavy atom. The number of aliphatic hydroxyl groups is 2. The summed E-state index contributed by atoms with van der Waals surface area (Å²) in [5.74, 6) is 0.782. The molecule has 0 amide bonds. The summed E-state index contributed by atoms with van der Waals surface area (Å²) in [7, 11) is -7.68. The molecule has 0 fully saturated rings. The fourth-order valence-corrected chi connectivity index (χ4v) is 10.3. The Kier molecular flexibility index (Phi) is 16.2. The van der Waals surface area contributed by atoms with Gasteiger partial charge in [0.15, 0.2) is 0 Å². The molecule has 0 spiro atoms. The number of sulfonamides is 2. The Bertz CT molecular complexity index is 3110. The van der Waals surface area contributed by atoms with Crippen molar-refractivity contribution in [3.05, 3.63) is 208 Å². The molecule has 4 atom stereocenters. The molecule has 0 aromatic heterocycles. The lowest BCUT2D eigenvalue weighted by atomic mass is 10.1. The summed E-state index contributed by atoms with van der Waals surface area (Å²) in [6, 6.07) is 41.1. The van der Waals surface area contributed by atoms with Gasteiger partial charge >= 0.3 is 6.02 Å². The molecule has 6 aromatic rings. The second-order valence-electron chi connectivity index (χ2n) is 16.1. The average molecular weight is 966 g/mol. The summed E-state index contributed by atoms with van der Waals surface area (Å²) in [4.78, 5) is 11.0. The van der Waals surface area contributed by atoms with Crippen molar-refractivity contribution in [2.45, 2.75) is 80.2 Å². The van der Waals surface area contributed by atoms with Crippen molar-refractivity contribution in [2.75, 3.05) is 10.6 Å². The van der Waals surface area contributed by atoms with Crippen LogP contribution in [0.25, 0.3) is 9.91 Å². The average Bonchev–Trinajstić information content (AvgIpc) is 3.83. The molecule has 2 aliphatic carbocycles. The zero-order valence-electron chi connectivity index (χ0n) is 37.7. The molecule has 7 N–H and O–H groups in total. The van der Waals surface area contributed by atoms with Crippen LogP contribution in [0.3, 0.4) is 0 Å². The van der Waals surface area contributed by atoms with Crippen LogP contribution in [0.1, 0.15) is 64.9 Å². The van der Waals surface area contributed by atoms with E-state index in [9.17, 15) is 27.0 Å². The van der Waals surface area contributed by atoms with E-state index in [1.54, 1.807) is 91.0 Å². The number of aryl methyl sites for hydroxylation is 2. The lowest BCUT2D eigenvalue weighted by molar-refractivity contribution is 0.151. The smallest absolute Gasteiger partial charge is 0.378 e. The minimum atomic E-state index is -3.85. The zero-order chi connectivity index (χ0) is 49.0. The van der Waals surface area contributed by atoms with Crippen molar-refractivity contribution in [2.24, 2.45) is 10.1 Å². The molecule has 2 aliphatic rings. The largest absolute Gasteiger partial charge is 0.421 e. The third-order valence-electron chi connectivity index (χ3n) is 11.5. The monoisotopic (exact) mass is 965 g/mol. The van der Waals surface area contributed by atoms with Crippen molar-refractivity contribution in [3.8, 4) is 5.75 Å². The summed E-state index contributed by atoms with van der Waals surface area (Å²) in [6.45, 7) is 18.6. The Balaban J connectivity index is 0.000000204. The van der Waals surface area contributed by atoms with Crippen LogP contribution in [0.5, 0.6) is 5.75 Å². The highest BCUT2D eigenvalue weighted by molar-refractivity contribution is 7.89. The van der Waals surface area contributed by atoms with Crippen LogP contribution in [0.15, 0.2) is 165 Å². The molecule has 0 saturated heterocycles. The van der Waals surface area contributed by atoms with Crippen molar-refractivity contribution in [1.82, 2.24) is 14.9 Å². The quantitative estimate of drug-likeness (QED) is 0.0263. The molecule has 6 aromatic carbocycles. The van der Waals surface area contributed by atoms with Crippen molar-refractivity contribution < 1.29 is 31.8 Å². The highest BCUT2D eigenvalue weighted by Gasteiger charge is 2.36. The maximum absolute atomic E-state index is 13.0. The van der Waals surface area contributed by atoms with Gasteiger partial charge in [0.25, 0.3) is 5.96 Å². The maximum atomic E-state index is 13.0. The lowest BCUT2D eigenvalue weighted by Crippen LogP contribution is -2.34. The third kappa shape index (κ3) is 12.8. The molecule has 354 valence electrons. The van der Waals surface area contributed by atoms with E-state index in [1.807, 2.05) is 68.4 Å². The highest BCUT2D eigenvalue weighted by atomic mass is 32.2. The van der Waals surface area contributed by atoms with Gasteiger partial charge in [-0.15, -0.1) is 4.95 Å². The molecule has 69 heavy (non-hydrogen) atoms. The van der Waals surface area contributed by atoms with Gasteiger partial charge in [-0.1, -0.05) is 104 Å². The fraction of sp³-hybridized carbons (Fsp3) is 0.216. The van der Waals surface area contributed by atoms with Crippen LogP contribution in [0.4, 0.5) is 11.4 Å². The molecule has 0 bridgehead atoms. The van der Waals surface area contributed by atoms with E-state index in [-0.39, 0.29) is 21.8 Å². The molecule has 16 nitrogen and oxygen atoms in total. The Morgan fingerprint density at radius 1 is 0.638 bits per heavy atom. The summed E-state index contributed by atoms with van der Waals surface area (Å²) in [5.41, 5.74) is 9.79. The van der Waals surface area contributed by atoms with Crippen LogP contribution in [0.2, 0.25) is 0 Å². The van der Waals surface area contributed by atoms with Gasteiger partial charge in [0, 0.05) is 24.2 Å². The number of para-hydroxylation sites is 1. The standard InChI is InChI=1S/C26H27N5O3S.C25H24N4O4S/c1-3-18-9-13-22(14-10-18)35(33,34)31-25-23-16-21(12-11-20(23)15-24(25)32)29-26(30-27-2)28-17-19-7-5-4-6-8-19;1-3-17-9-13-21(14-10-17)34(31,32)29-24-22-16-19(12-11-18(22)15-23(24)30)27-25(28-26-2)33-20-7-5-4-6-8-20/h4-14,16,24-25,31-32H,3,15,17H2,1H3,(H2,28,29,30);4-14,16,23-24,29-30H,3,15H2,1H3,(H,27,28)/t24-,25+;23-,24+/m00/s1. The second-order valence-corrected chi connectivity index (χ2v) is 19.5. The summed E-state index contributed by atoms with van der Waals surface area (Å²) < 4.78 is 62.9. The number of benzene rings is 6. The van der Waals surface area contributed by atoms with Crippen LogP contribution < -0.4 is 30.2 Å². The molecular weight excluding hydrogens is 915 g/mol. The molecule has 0 unspecified atom stereocenters. The highest BCUT2D eigenvalue weighted by Crippen LogP contribution is 2.36. The molecule has 0 saturated carbocycles. The van der Waals surface area contributed by atoms with Crippen molar-refractivity contribution in [3.63, 3.8) is 0 Å². The molecule has 0 radical (unpaired) electrons. The number of nitrogens with zero attached hydrogens (tertiary/aromatic N) is 4. The number of nitrogens with one attached hydrogen (secondary N) is 5. The van der Waals surface area contributed by atoms with Crippen LogP contribution in [0, 0.1) is 13.1 Å². The number of rotatable bonds is 13. The predicted octanol–water partition coefficient (Wildman–Crippen LogP) is 7.44. The van der Waals surface area contributed by atoms with Gasteiger partial charge in [-0.2, -0.15) is 18.1 Å². The van der Waals surface area contributed by atoms with Gasteiger partial charge < -0.3 is 25.6 Å². The number of guanidine groups is 1. The molecule has 18 heteroatoms. The molecular formula is C51H51N9O7S2. The topological polar surface area (TPSA) is 212 Å². The number of amidine groups is 1. The minimum Gasteiger partial charge on any atom is -0.421 e. The minimum absolute atomic E-state index is 0.0205. The van der Waals surface area contributed by atoms with Gasteiger partial charge in [0.05, 0.1) is 40.6 Å². The Morgan fingerprint density at radius 2 is 1.12 bits per heavy atom. The summed E-state index contributed by atoms with van der Waals surface area (Å²) >= 11 is 0. The van der Waals surface area contributed by atoms with Crippen LogP contribution in [-0.2, 0) is 52.3 Å². The van der Waals surface area contributed by atoms with E-state index in [4.69, 9.17) is 17.9 Å². The number of ether oxygens (including phenoxy) is 1. The molecule has 0 aliphatic heterocycles. The fourth-order valence-electron chi connectivity index (χ4n) is 7.85. The maximum Gasteiger partial charge on any atom is 0.378 e. The van der Waals surface area contributed by atoms with E-state index in [0.717, 1.165) is 40.7 Å². The number of hydrogen-bond donors (Lipinski definition) is 7. The lowest BCUT2D eigenvalue weighted by Gasteiger charge is -2.19. The number of anilines is 2. The van der Waals surface area contributed by atoms with Crippen molar-refractivity contribution >= 4 is 43.4 Å². The van der Waals surface area contributed by atoms with E-state index in [0.29, 0.717) is 47.6 Å². The van der Waals surface area contributed by atoms with E-state index < -0.39 is 44.3 Å². The first kappa shape index (κ1) is 49.5. The first-order chi connectivity index (χ1) is 33.3. The van der Waals surface area contributed by atoms with Crippen LogP contribution in [-0.4, -0.2) is 51.2 Å². The predicted molar refractivity (Wildman–Crippen MR) is 266 cm³/mol. The summed E-state index contributed by atoms with van der Waals surface area (Å²) in [6.07, 6.45) is 0.486. The summed E-state index contributed by atoms with van der Waals surface area (Å²) in [5, 5.41) is 31.0. The Hall–Kier alpha value is -7.42. The number of aliphatic hydroxyl groups excluding tert-OH is 2. The van der Waals surface area contributed by atoms with Gasteiger partial charge in [0.1, 0.15) is 10.9 Å². The van der Waals surface area contributed by atoms with Gasteiger partial charge in [-0.3, -0.25) is 0 Å². The molecule has 8 rings (SSSR count). The number of aliphatic imine (C=N–C) groups is 1.